The van der Waals surface area contributed by atoms with Crippen molar-refractivity contribution in [2.24, 2.45) is 0 Å². The Hall–Kier alpha value is -4.13. The maximum atomic E-state index is 13.0. The van der Waals surface area contributed by atoms with Gasteiger partial charge in [0.15, 0.2) is 0 Å². The van der Waals surface area contributed by atoms with Crippen LogP contribution in [0.1, 0.15) is 113 Å². The van der Waals surface area contributed by atoms with Crippen LogP contribution in [-0.4, -0.2) is 40.3 Å². The number of carboxylic acid groups (broad SMARTS) is 1. The predicted octanol–water partition coefficient (Wildman–Crippen LogP) is 9.86. The van der Waals surface area contributed by atoms with Crippen molar-refractivity contribution in [3.63, 3.8) is 0 Å². The molecule has 0 aliphatic carbocycles. The number of hydrogen-bond donors (Lipinski definition) is 2. The molecule has 4 aromatic rings. The number of nitrogens with one attached hydrogen (secondary N) is 1. The second kappa shape index (κ2) is 18.1. The second-order valence-corrected chi connectivity index (χ2v) is 12.4. The van der Waals surface area contributed by atoms with Crippen LogP contribution in [0.3, 0.4) is 0 Å². The SMILES string of the molecule is CCCCCCCCCCCCNC(=O)N(C)c1ccc2nc(CCCC)n(Cc3ccc(-c4ccccc4C(=O)O)cc3)c2c1. The first-order valence-electron chi connectivity index (χ1n) is 17.3. The number of carbonyl (C=O) groups excluding carboxylic acids is 1. The first-order valence-corrected chi connectivity index (χ1v) is 17.3. The molecule has 2 amide bonds. The van der Waals surface area contributed by atoms with E-state index < -0.39 is 5.97 Å². The van der Waals surface area contributed by atoms with Gasteiger partial charge in [-0.05, 0) is 53.8 Å². The maximum Gasteiger partial charge on any atom is 0.336 e. The summed E-state index contributed by atoms with van der Waals surface area (Å²) in [5.74, 6) is 0.0979. The first kappa shape index (κ1) is 34.7. The predicted molar refractivity (Wildman–Crippen MR) is 190 cm³/mol. The topological polar surface area (TPSA) is 87.5 Å². The lowest BCUT2D eigenvalue weighted by molar-refractivity contribution is 0.0697. The molecule has 1 heterocycles. The van der Waals surface area contributed by atoms with Crippen LogP contribution in [0.5, 0.6) is 0 Å². The van der Waals surface area contributed by atoms with Crippen LogP contribution in [0.15, 0.2) is 66.7 Å². The van der Waals surface area contributed by atoms with Crippen molar-refractivity contribution >= 4 is 28.7 Å². The molecule has 0 radical (unpaired) electrons. The summed E-state index contributed by atoms with van der Waals surface area (Å²) >= 11 is 0. The third-order valence-electron chi connectivity index (χ3n) is 8.83. The van der Waals surface area contributed by atoms with Crippen LogP contribution >= 0.6 is 0 Å². The average molecular weight is 625 g/mol. The Morgan fingerprint density at radius 3 is 2.13 bits per heavy atom. The van der Waals surface area contributed by atoms with Crippen molar-refractivity contribution in [2.45, 2.75) is 104 Å². The Morgan fingerprint density at radius 2 is 1.46 bits per heavy atom. The molecule has 1 aromatic heterocycles. The molecule has 0 atom stereocenters. The van der Waals surface area contributed by atoms with Crippen molar-refractivity contribution in [3.05, 3.63) is 83.7 Å². The highest BCUT2D eigenvalue weighted by Crippen LogP contribution is 2.27. The molecule has 4 rings (SSSR count). The maximum absolute atomic E-state index is 13.0. The summed E-state index contributed by atoms with van der Waals surface area (Å²) in [6.07, 6.45) is 15.7. The zero-order valence-electron chi connectivity index (χ0n) is 28.1. The van der Waals surface area contributed by atoms with E-state index in [0.29, 0.717) is 24.2 Å². The number of hydrogen-bond acceptors (Lipinski definition) is 3. The van der Waals surface area contributed by atoms with Gasteiger partial charge in [-0.2, -0.15) is 0 Å². The number of anilines is 1. The fourth-order valence-corrected chi connectivity index (χ4v) is 6.01. The molecule has 7 nitrogen and oxygen atoms in total. The number of aromatic nitrogens is 2. The zero-order valence-corrected chi connectivity index (χ0v) is 28.1. The van der Waals surface area contributed by atoms with Crippen LogP contribution in [0, 0.1) is 0 Å². The number of rotatable bonds is 19. The fourth-order valence-electron chi connectivity index (χ4n) is 6.01. The van der Waals surface area contributed by atoms with Crippen LogP contribution in [0.2, 0.25) is 0 Å². The number of imidazole rings is 1. The second-order valence-electron chi connectivity index (χ2n) is 12.4. The van der Waals surface area contributed by atoms with Gasteiger partial charge in [0.2, 0.25) is 0 Å². The minimum atomic E-state index is -0.932. The van der Waals surface area contributed by atoms with E-state index in [2.05, 4.69) is 41.9 Å². The van der Waals surface area contributed by atoms with Crippen molar-refractivity contribution in [1.29, 1.82) is 0 Å². The normalized spacial score (nSPS) is 11.2. The van der Waals surface area contributed by atoms with Crippen molar-refractivity contribution in [3.8, 4) is 11.1 Å². The van der Waals surface area contributed by atoms with E-state index in [4.69, 9.17) is 4.98 Å². The van der Waals surface area contributed by atoms with E-state index in [1.165, 1.54) is 51.4 Å². The minimum Gasteiger partial charge on any atom is -0.478 e. The van der Waals surface area contributed by atoms with Gasteiger partial charge in [-0.15, -0.1) is 0 Å². The highest BCUT2D eigenvalue weighted by molar-refractivity contribution is 5.96. The van der Waals surface area contributed by atoms with Gasteiger partial charge >= 0.3 is 12.0 Å². The van der Waals surface area contributed by atoms with E-state index in [-0.39, 0.29) is 6.03 Å². The third-order valence-corrected chi connectivity index (χ3v) is 8.83. The van der Waals surface area contributed by atoms with Crippen LogP contribution in [-0.2, 0) is 13.0 Å². The van der Waals surface area contributed by atoms with Gasteiger partial charge in [0.05, 0.1) is 16.6 Å². The molecular formula is C39H52N4O3. The highest BCUT2D eigenvalue weighted by atomic mass is 16.4. The van der Waals surface area contributed by atoms with Crippen LogP contribution < -0.4 is 10.2 Å². The molecule has 0 spiro atoms. The standard InChI is InChI=1S/C39H52N4O3/c1-4-6-8-9-10-11-12-13-14-17-27-40-39(46)42(3)32-25-26-35-36(28-32)43(37(41-35)20-7-5-2)29-30-21-23-31(24-22-30)33-18-15-16-19-34(33)38(44)45/h15-16,18-19,21-26,28H,4-14,17,20,27,29H2,1-3H3,(H,40,46)(H,44,45). The van der Waals surface area contributed by atoms with E-state index in [1.807, 2.05) is 43.4 Å². The molecule has 0 aliphatic rings. The lowest BCUT2D eigenvalue weighted by atomic mass is 9.99. The Kier molecular flexibility index (Phi) is 13.7. The molecule has 46 heavy (non-hydrogen) atoms. The molecular weight excluding hydrogens is 572 g/mol. The van der Waals surface area contributed by atoms with Gasteiger partial charge < -0.3 is 15.0 Å². The Labute approximate surface area is 275 Å². The summed E-state index contributed by atoms with van der Waals surface area (Å²) in [5.41, 5.74) is 5.72. The minimum absolute atomic E-state index is 0.0928. The number of nitrogens with zero attached hydrogens (tertiary/aromatic N) is 3. The number of benzene rings is 3. The Morgan fingerprint density at radius 1 is 0.804 bits per heavy atom. The van der Waals surface area contributed by atoms with Gasteiger partial charge in [-0.25, -0.2) is 14.6 Å². The van der Waals surface area contributed by atoms with Gasteiger partial charge in [0.25, 0.3) is 0 Å². The number of carboxylic acids is 1. The molecule has 0 bridgehead atoms. The largest absolute Gasteiger partial charge is 0.478 e. The van der Waals surface area contributed by atoms with Crippen LogP contribution in [0.4, 0.5) is 10.5 Å². The molecule has 3 aromatic carbocycles. The van der Waals surface area contributed by atoms with Gasteiger partial charge in [-0.1, -0.05) is 121 Å². The van der Waals surface area contributed by atoms with Crippen molar-refractivity contribution in [1.82, 2.24) is 14.9 Å². The zero-order chi connectivity index (χ0) is 32.7. The number of carbonyl (C=O) groups is 2. The molecule has 0 aliphatic heterocycles. The molecule has 0 saturated carbocycles. The fraction of sp³-hybridized carbons (Fsp3) is 0.462. The van der Waals surface area contributed by atoms with E-state index >= 15 is 0 Å². The number of urea groups is 1. The molecule has 0 unspecified atom stereocenters. The lowest BCUT2D eigenvalue weighted by Crippen LogP contribution is -2.37. The molecule has 246 valence electrons. The van der Waals surface area contributed by atoms with Gasteiger partial charge in [0.1, 0.15) is 5.82 Å². The monoisotopic (exact) mass is 624 g/mol. The molecule has 0 fully saturated rings. The van der Waals surface area contributed by atoms with Crippen molar-refractivity contribution in [2.75, 3.05) is 18.5 Å². The Bertz CT molecular complexity index is 1540. The number of unbranched alkanes of at least 4 members (excludes halogenated alkanes) is 10. The third kappa shape index (κ3) is 9.68. The number of aryl methyl sites for hydroxylation is 1. The highest BCUT2D eigenvalue weighted by Gasteiger charge is 2.16. The number of amides is 2. The summed E-state index contributed by atoms with van der Waals surface area (Å²) in [7, 11) is 1.82. The smallest absolute Gasteiger partial charge is 0.336 e. The van der Waals surface area contributed by atoms with E-state index in [0.717, 1.165) is 65.8 Å². The van der Waals surface area contributed by atoms with Crippen molar-refractivity contribution < 1.29 is 14.7 Å². The molecule has 0 saturated heterocycles. The van der Waals surface area contributed by atoms with Crippen LogP contribution in [0.25, 0.3) is 22.2 Å². The summed E-state index contributed by atoms with van der Waals surface area (Å²) in [6.45, 7) is 5.76. The number of fused-ring (bicyclic) bond motifs is 1. The summed E-state index contributed by atoms with van der Waals surface area (Å²) in [4.78, 5) is 31.4. The van der Waals surface area contributed by atoms with E-state index in [9.17, 15) is 14.7 Å². The summed E-state index contributed by atoms with van der Waals surface area (Å²) in [5, 5.41) is 12.7. The van der Waals surface area contributed by atoms with E-state index in [1.54, 1.807) is 17.0 Å². The number of aromatic carboxylic acids is 1. The first-order chi connectivity index (χ1) is 22.4. The summed E-state index contributed by atoms with van der Waals surface area (Å²) in [6, 6.07) is 21.1. The Balaban J connectivity index is 1.39. The average Bonchev–Trinajstić information content (AvgIpc) is 3.42. The summed E-state index contributed by atoms with van der Waals surface area (Å²) < 4.78 is 2.25. The van der Waals surface area contributed by atoms with Gasteiger partial charge in [0, 0.05) is 32.2 Å². The molecule has 7 heteroatoms. The van der Waals surface area contributed by atoms with Gasteiger partial charge in [-0.3, -0.25) is 4.90 Å². The molecule has 2 N–H and O–H groups in total. The quantitative estimate of drug-likeness (QED) is 0.102. The lowest BCUT2D eigenvalue weighted by Gasteiger charge is -2.19.